The Labute approximate surface area is 161 Å². The zero-order chi connectivity index (χ0) is 18.9. The number of anilines is 1. The second kappa shape index (κ2) is 7.38. The molecule has 3 aromatic rings. The number of aromatic nitrogens is 1. The van der Waals surface area contributed by atoms with Crippen molar-refractivity contribution in [2.24, 2.45) is 5.92 Å². The summed E-state index contributed by atoms with van der Waals surface area (Å²) < 4.78 is 27.0. The molecule has 1 aliphatic heterocycles. The fourth-order valence-corrected chi connectivity index (χ4v) is 5.96. The molecule has 1 aliphatic rings. The van der Waals surface area contributed by atoms with E-state index in [4.69, 9.17) is 0 Å². The lowest BCUT2D eigenvalue weighted by Crippen LogP contribution is -2.41. The van der Waals surface area contributed by atoms with Gasteiger partial charge in [-0.15, -0.1) is 11.3 Å². The molecule has 2 aromatic heterocycles. The summed E-state index contributed by atoms with van der Waals surface area (Å²) in [6.45, 7) is 0.713. The fourth-order valence-electron chi connectivity index (χ4n) is 3.34. The van der Waals surface area contributed by atoms with E-state index in [9.17, 15) is 13.2 Å². The second-order valence-corrected chi connectivity index (χ2v) is 9.59. The zero-order valence-electron chi connectivity index (χ0n) is 14.5. The van der Waals surface area contributed by atoms with E-state index in [1.54, 1.807) is 23.7 Å². The van der Waals surface area contributed by atoms with Gasteiger partial charge in [-0.3, -0.25) is 9.78 Å². The Balaban J connectivity index is 1.43. The number of sulfonamides is 1. The molecule has 1 fully saturated rings. The molecule has 3 heterocycles. The number of hydrogen-bond donors (Lipinski definition) is 1. The second-order valence-electron chi connectivity index (χ2n) is 6.48. The van der Waals surface area contributed by atoms with Gasteiger partial charge in [0.25, 0.3) is 10.0 Å². The Morgan fingerprint density at radius 3 is 2.67 bits per heavy atom. The van der Waals surface area contributed by atoms with Crippen LogP contribution < -0.4 is 5.32 Å². The topological polar surface area (TPSA) is 79.4 Å². The molecule has 1 saturated heterocycles. The Morgan fingerprint density at radius 1 is 1.11 bits per heavy atom. The van der Waals surface area contributed by atoms with E-state index in [0.29, 0.717) is 30.1 Å². The average molecular weight is 402 g/mol. The predicted octanol–water partition coefficient (Wildman–Crippen LogP) is 3.34. The Bertz CT molecular complexity index is 1050. The number of fused-ring (bicyclic) bond motifs is 1. The lowest BCUT2D eigenvalue weighted by Gasteiger charge is -2.30. The maximum atomic E-state index is 12.7. The summed E-state index contributed by atoms with van der Waals surface area (Å²) in [5, 5.41) is 5.64. The summed E-state index contributed by atoms with van der Waals surface area (Å²) in [5.41, 5.74) is 1.56. The van der Waals surface area contributed by atoms with Crippen LogP contribution in [0.3, 0.4) is 0 Å². The number of carbonyl (C=O) groups excluding carboxylic acids is 1. The molecule has 6 nitrogen and oxygen atoms in total. The van der Waals surface area contributed by atoms with Crippen molar-refractivity contribution in [3.63, 3.8) is 0 Å². The Morgan fingerprint density at radius 2 is 1.93 bits per heavy atom. The summed E-state index contributed by atoms with van der Waals surface area (Å²) >= 11 is 1.22. The highest BCUT2D eigenvalue weighted by Gasteiger charge is 2.32. The molecule has 0 atom stereocenters. The van der Waals surface area contributed by atoms with Crippen LogP contribution >= 0.6 is 11.3 Å². The van der Waals surface area contributed by atoms with Crippen LogP contribution in [0, 0.1) is 5.92 Å². The van der Waals surface area contributed by atoms with E-state index in [1.807, 2.05) is 30.3 Å². The number of piperidine rings is 1. The van der Waals surface area contributed by atoms with Crippen molar-refractivity contribution in [2.45, 2.75) is 17.1 Å². The summed E-state index contributed by atoms with van der Waals surface area (Å²) in [6.07, 6.45) is 2.75. The number of amides is 1. The van der Waals surface area contributed by atoms with Gasteiger partial charge in [0.1, 0.15) is 4.21 Å². The summed E-state index contributed by atoms with van der Waals surface area (Å²) in [6, 6.07) is 12.7. The van der Waals surface area contributed by atoms with E-state index in [0.717, 1.165) is 16.6 Å². The van der Waals surface area contributed by atoms with Crippen molar-refractivity contribution in [2.75, 3.05) is 18.4 Å². The van der Waals surface area contributed by atoms with Crippen LogP contribution in [0.2, 0.25) is 0 Å². The highest BCUT2D eigenvalue weighted by Crippen LogP contribution is 2.28. The van der Waals surface area contributed by atoms with E-state index in [1.165, 1.54) is 15.6 Å². The van der Waals surface area contributed by atoms with Crippen molar-refractivity contribution in [3.05, 3.63) is 54.0 Å². The zero-order valence-corrected chi connectivity index (χ0v) is 16.2. The Kier molecular flexibility index (Phi) is 4.94. The third-order valence-corrected chi connectivity index (χ3v) is 8.09. The number of thiophene rings is 1. The van der Waals surface area contributed by atoms with Gasteiger partial charge in [-0.2, -0.15) is 4.31 Å². The molecule has 140 valence electrons. The highest BCUT2D eigenvalue weighted by molar-refractivity contribution is 7.91. The van der Waals surface area contributed by atoms with Crippen LogP contribution in [-0.2, 0) is 14.8 Å². The van der Waals surface area contributed by atoms with E-state index in [2.05, 4.69) is 10.3 Å². The number of benzene rings is 1. The number of nitrogens with one attached hydrogen (secondary N) is 1. The van der Waals surface area contributed by atoms with Gasteiger partial charge in [0, 0.05) is 30.6 Å². The first kappa shape index (κ1) is 18.1. The van der Waals surface area contributed by atoms with Crippen molar-refractivity contribution in [3.8, 4) is 0 Å². The van der Waals surface area contributed by atoms with Gasteiger partial charge in [-0.25, -0.2) is 8.42 Å². The van der Waals surface area contributed by atoms with Gasteiger partial charge in [0.05, 0.1) is 11.2 Å². The monoisotopic (exact) mass is 401 g/mol. The van der Waals surface area contributed by atoms with Crippen molar-refractivity contribution in [1.82, 2.24) is 9.29 Å². The van der Waals surface area contributed by atoms with E-state index >= 15 is 0 Å². The van der Waals surface area contributed by atoms with Crippen molar-refractivity contribution >= 4 is 43.9 Å². The Hall–Kier alpha value is -2.29. The third kappa shape index (κ3) is 3.60. The van der Waals surface area contributed by atoms with Gasteiger partial charge in [-0.1, -0.05) is 12.1 Å². The van der Waals surface area contributed by atoms with Gasteiger partial charge >= 0.3 is 0 Å². The summed E-state index contributed by atoms with van der Waals surface area (Å²) in [4.78, 5) is 17.0. The molecule has 0 aliphatic carbocycles. The van der Waals surface area contributed by atoms with E-state index in [-0.39, 0.29) is 11.8 Å². The van der Waals surface area contributed by atoms with Crippen LogP contribution in [0.15, 0.2) is 58.3 Å². The molecule has 0 bridgehead atoms. The molecular formula is C19H19N3O3S2. The molecule has 0 spiro atoms. The number of rotatable bonds is 4. The van der Waals surface area contributed by atoms with Crippen LogP contribution in [0.4, 0.5) is 5.69 Å². The molecule has 1 N–H and O–H groups in total. The molecule has 4 rings (SSSR count). The van der Waals surface area contributed by atoms with Crippen LogP contribution in [0.5, 0.6) is 0 Å². The predicted molar refractivity (Wildman–Crippen MR) is 106 cm³/mol. The first-order chi connectivity index (χ1) is 13.1. The smallest absolute Gasteiger partial charge is 0.252 e. The van der Waals surface area contributed by atoms with Gasteiger partial charge in [0.2, 0.25) is 5.91 Å². The van der Waals surface area contributed by atoms with Gasteiger partial charge in [-0.05, 0) is 48.6 Å². The standard InChI is InChI=1S/C19H19N3O3S2/c23-19(21-17-6-1-5-16-15(17)4-2-10-20-16)14-8-11-22(12-9-14)27(24,25)18-7-3-13-26-18/h1-7,10,13-14H,8-9,11-12H2,(H,21,23). The maximum Gasteiger partial charge on any atom is 0.252 e. The molecule has 0 unspecified atom stereocenters. The van der Waals surface area contributed by atoms with E-state index < -0.39 is 10.0 Å². The molecule has 0 radical (unpaired) electrons. The van der Waals surface area contributed by atoms with Crippen molar-refractivity contribution < 1.29 is 13.2 Å². The van der Waals surface area contributed by atoms with Crippen LogP contribution in [-0.4, -0.2) is 36.7 Å². The molecular weight excluding hydrogens is 382 g/mol. The quantitative estimate of drug-likeness (QED) is 0.727. The lowest BCUT2D eigenvalue weighted by molar-refractivity contribution is -0.120. The van der Waals surface area contributed by atoms with Gasteiger partial charge < -0.3 is 5.32 Å². The number of carbonyl (C=O) groups is 1. The average Bonchev–Trinajstić information content (AvgIpc) is 3.24. The molecule has 0 saturated carbocycles. The molecule has 8 heteroatoms. The van der Waals surface area contributed by atoms with Crippen LogP contribution in [0.1, 0.15) is 12.8 Å². The number of pyridine rings is 1. The number of nitrogens with zero attached hydrogens (tertiary/aromatic N) is 2. The minimum atomic E-state index is -3.44. The van der Waals surface area contributed by atoms with Gasteiger partial charge in [0.15, 0.2) is 0 Å². The molecule has 1 amide bonds. The maximum absolute atomic E-state index is 12.7. The minimum absolute atomic E-state index is 0.0699. The first-order valence-electron chi connectivity index (χ1n) is 8.74. The highest BCUT2D eigenvalue weighted by atomic mass is 32.2. The fraction of sp³-hybridized carbons (Fsp3) is 0.263. The minimum Gasteiger partial charge on any atom is -0.325 e. The normalized spacial score (nSPS) is 16.4. The largest absolute Gasteiger partial charge is 0.325 e. The first-order valence-corrected chi connectivity index (χ1v) is 11.1. The molecule has 1 aromatic carbocycles. The summed E-state index contributed by atoms with van der Waals surface area (Å²) in [7, 11) is -3.44. The molecule has 27 heavy (non-hydrogen) atoms. The third-order valence-electron chi connectivity index (χ3n) is 4.82. The number of hydrogen-bond acceptors (Lipinski definition) is 5. The summed E-state index contributed by atoms with van der Waals surface area (Å²) in [5.74, 6) is -0.272. The SMILES string of the molecule is O=C(Nc1cccc2ncccc12)C1CCN(S(=O)(=O)c2cccs2)CC1. The van der Waals surface area contributed by atoms with Crippen molar-refractivity contribution in [1.29, 1.82) is 0 Å². The lowest BCUT2D eigenvalue weighted by atomic mass is 9.97. The van der Waals surface area contributed by atoms with Crippen LogP contribution in [0.25, 0.3) is 10.9 Å².